The van der Waals surface area contributed by atoms with E-state index in [-0.39, 0.29) is 17.0 Å². The van der Waals surface area contributed by atoms with Crippen molar-refractivity contribution in [3.63, 3.8) is 0 Å². The smallest absolute Gasteiger partial charge is 0.225 e. The van der Waals surface area contributed by atoms with Gasteiger partial charge in [-0.15, -0.1) is 0 Å². The number of rotatable bonds is 4. The van der Waals surface area contributed by atoms with Gasteiger partial charge in [-0.2, -0.15) is 4.98 Å². The van der Waals surface area contributed by atoms with Crippen molar-refractivity contribution in [2.45, 2.75) is 26.3 Å². The second-order valence-corrected chi connectivity index (χ2v) is 6.77. The van der Waals surface area contributed by atoms with Gasteiger partial charge in [0.2, 0.25) is 5.95 Å². The molecule has 0 radical (unpaired) electrons. The lowest BCUT2D eigenvalue weighted by Gasteiger charge is -2.21. The predicted molar refractivity (Wildman–Crippen MR) is 98.3 cm³/mol. The molecular weight excluding hydrogens is 336 g/mol. The molecule has 0 spiro atoms. The zero-order chi connectivity index (χ0) is 18.7. The molecule has 1 aromatic carbocycles. The van der Waals surface area contributed by atoms with E-state index in [0.717, 1.165) is 0 Å². The molecule has 3 rings (SSSR count). The van der Waals surface area contributed by atoms with Crippen molar-refractivity contribution in [1.29, 1.82) is 0 Å². The maximum atomic E-state index is 14.0. The molecule has 7 heteroatoms. The molecule has 0 aliphatic rings. The van der Waals surface area contributed by atoms with Crippen LogP contribution < -0.4 is 10.6 Å². The number of halogens is 2. The number of anilines is 3. The Kier molecular flexibility index (Phi) is 4.79. The maximum Gasteiger partial charge on any atom is 0.225 e. The molecule has 0 aliphatic heterocycles. The summed E-state index contributed by atoms with van der Waals surface area (Å²) in [6.45, 7) is 5.90. The third-order valence-electron chi connectivity index (χ3n) is 3.36. The second-order valence-electron chi connectivity index (χ2n) is 6.77. The van der Waals surface area contributed by atoms with E-state index in [1.54, 1.807) is 24.4 Å². The van der Waals surface area contributed by atoms with Crippen molar-refractivity contribution < 1.29 is 8.78 Å². The Morgan fingerprint density at radius 2 is 1.62 bits per heavy atom. The predicted octanol–water partition coefficient (Wildman–Crippen LogP) is 4.77. The van der Waals surface area contributed by atoms with Crippen LogP contribution in [0, 0.1) is 11.6 Å². The SMILES string of the molecule is CC(C)(C)Nc1nc(Nc2c(F)cccc2F)cc(-c2ccccn2)n1. The first-order valence-corrected chi connectivity index (χ1v) is 8.11. The van der Waals surface area contributed by atoms with Crippen molar-refractivity contribution in [3.8, 4) is 11.4 Å². The monoisotopic (exact) mass is 355 g/mol. The molecule has 2 N–H and O–H groups in total. The maximum absolute atomic E-state index is 14.0. The van der Waals surface area contributed by atoms with Crippen molar-refractivity contribution in [3.05, 3.63) is 60.3 Å². The van der Waals surface area contributed by atoms with Crippen molar-refractivity contribution in [2.24, 2.45) is 0 Å². The largest absolute Gasteiger partial charge is 0.350 e. The average molecular weight is 355 g/mol. The van der Waals surface area contributed by atoms with E-state index >= 15 is 0 Å². The molecule has 0 saturated carbocycles. The Morgan fingerprint density at radius 3 is 2.23 bits per heavy atom. The summed E-state index contributed by atoms with van der Waals surface area (Å²) >= 11 is 0. The quantitative estimate of drug-likeness (QED) is 0.706. The fourth-order valence-corrected chi connectivity index (χ4v) is 2.29. The average Bonchev–Trinajstić information content (AvgIpc) is 2.57. The van der Waals surface area contributed by atoms with Gasteiger partial charge >= 0.3 is 0 Å². The summed E-state index contributed by atoms with van der Waals surface area (Å²) in [5, 5.41) is 5.88. The zero-order valence-electron chi connectivity index (χ0n) is 14.7. The highest BCUT2D eigenvalue weighted by Gasteiger charge is 2.16. The fraction of sp³-hybridized carbons (Fsp3) is 0.211. The van der Waals surface area contributed by atoms with E-state index in [2.05, 4.69) is 25.6 Å². The first kappa shape index (κ1) is 17.7. The van der Waals surface area contributed by atoms with Crippen LogP contribution in [0.1, 0.15) is 20.8 Å². The van der Waals surface area contributed by atoms with Crippen molar-refractivity contribution in [2.75, 3.05) is 10.6 Å². The minimum atomic E-state index is -0.701. The molecule has 0 bridgehead atoms. The van der Waals surface area contributed by atoms with Crippen molar-refractivity contribution in [1.82, 2.24) is 15.0 Å². The lowest BCUT2D eigenvalue weighted by molar-refractivity contribution is 0.590. The number of nitrogens with one attached hydrogen (secondary N) is 2. The summed E-state index contributed by atoms with van der Waals surface area (Å²) in [4.78, 5) is 13.1. The van der Waals surface area contributed by atoms with Crippen LogP contribution in [-0.4, -0.2) is 20.5 Å². The van der Waals surface area contributed by atoms with E-state index in [1.807, 2.05) is 26.8 Å². The van der Waals surface area contributed by atoms with Crippen LogP contribution in [0.4, 0.5) is 26.2 Å². The molecule has 2 aromatic heterocycles. The number of benzene rings is 1. The molecule has 134 valence electrons. The second kappa shape index (κ2) is 7.03. The van der Waals surface area contributed by atoms with Crippen LogP contribution in [0.25, 0.3) is 11.4 Å². The third kappa shape index (κ3) is 4.30. The summed E-state index contributed by atoms with van der Waals surface area (Å²) in [5.74, 6) is -0.807. The van der Waals surface area contributed by atoms with E-state index in [0.29, 0.717) is 17.3 Å². The lowest BCUT2D eigenvalue weighted by Crippen LogP contribution is -2.27. The number of nitrogens with zero attached hydrogens (tertiary/aromatic N) is 3. The minimum absolute atomic E-state index is 0.261. The van der Waals surface area contributed by atoms with Gasteiger partial charge in [0.05, 0.1) is 11.4 Å². The van der Waals surface area contributed by atoms with Crippen LogP contribution in [0.2, 0.25) is 0 Å². The fourth-order valence-electron chi connectivity index (χ4n) is 2.29. The van der Waals surface area contributed by atoms with Gasteiger partial charge in [0, 0.05) is 17.8 Å². The molecule has 0 amide bonds. The summed E-state index contributed by atoms with van der Waals surface area (Å²) in [6, 6.07) is 10.7. The number of aromatic nitrogens is 3. The normalized spacial score (nSPS) is 11.3. The molecule has 0 saturated heterocycles. The van der Waals surface area contributed by atoms with Crippen LogP contribution in [0.5, 0.6) is 0 Å². The highest BCUT2D eigenvalue weighted by atomic mass is 19.1. The highest BCUT2D eigenvalue weighted by Crippen LogP contribution is 2.26. The van der Waals surface area contributed by atoms with Crippen LogP contribution in [-0.2, 0) is 0 Å². The molecule has 0 unspecified atom stereocenters. The molecule has 0 fully saturated rings. The zero-order valence-corrected chi connectivity index (χ0v) is 14.7. The first-order chi connectivity index (χ1) is 12.3. The minimum Gasteiger partial charge on any atom is -0.350 e. The Bertz CT molecular complexity index is 887. The standard InChI is InChI=1S/C19H19F2N5/c1-19(2,3)26-18-23-15(14-9-4-5-10-22-14)11-16(25-18)24-17-12(20)7-6-8-13(17)21/h4-11H,1-3H3,(H2,23,24,25,26). The molecular formula is C19H19F2N5. The molecule has 0 atom stereocenters. The Labute approximate surface area is 150 Å². The van der Waals surface area contributed by atoms with Gasteiger partial charge in [0.1, 0.15) is 23.1 Å². The topological polar surface area (TPSA) is 62.7 Å². The number of hydrogen-bond donors (Lipinski definition) is 2. The summed E-state index contributed by atoms with van der Waals surface area (Å²) in [7, 11) is 0. The Hall–Kier alpha value is -3.09. The van der Waals surface area contributed by atoms with Gasteiger partial charge in [-0.3, -0.25) is 4.98 Å². The van der Waals surface area contributed by atoms with Gasteiger partial charge in [-0.25, -0.2) is 13.8 Å². The number of para-hydroxylation sites is 1. The van der Waals surface area contributed by atoms with Crippen molar-refractivity contribution >= 4 is 17.5 Å². The van der Waals surface area contributed by atoms with Gasteiger partial charge in [0.25, 0.3) is 0 Å². The molecule has 3 aromatic rings. The highest BCUT2D eigenvalue weighted by molar-refractivity contribution is 5.65. The van der Waals surface area contributed by atoms with E-state index in [9.17, 15) is 8.78 Å². The summed E-state index contributed by atoms with van der Waals surface area (Å²) in [5.41, 5.74) is 0.610. The molecule has 5 nitrogen and oxygen atoms in total. The third-order valence-corrected chi connectivity index (χ3v) is 3.36. The Balaban J connectivity index is 2.05. The number of pyridine rings is 1. The Morgan fingerprint density at radius 1 is 0.885 bits per heavy atom. The molecule has 2 heterocycles. The molecule has 26 heavy (non-hydrogen) atoms. The van der Waals surface area contributed by atoms with E-state index in [4.69, 9.17) is 0 Å². The molecule has 0 aliphatic carbocycles. The van der Waals surface area contributed by atoms with Gasteiger partial charge in [-0.05, 0) is 45.0 Å². The van der Waals surface area contributed by atoms with E-state index in [1.165, 1.54) is 18.2 Å². The van der Waals surface area contributed by atoms with Gasteiger partial charge in [-0.1, -0.05) is 12.1 Å². The van der Waals surface area contributed by atoms with Gasteiger partial charge < -0.3 is 10.6 Å². The van der Waals surface area contributed by atoms with E-state index < -0.39 is 11.6 Å². The lowest BCUT2D eigenvalue weighted by atomic mass is 10.1. The first-order valence-electron chi connectivity index (χ1n) is 8.11. The summed E-state index contributed by atoms with van der Waals surface area (Å²) in [6.07, 6.45) is 1.65. The van der Waals surface area contributed by atoms with Crippen LogP contribution >= 0.6 is 0 Å². The number of hydrogen-bond acceptors (Lipinski definition) is 5. The summed E-state index contributed by atoms with van der Waals surface area (Å²) < 4.78 is 27.9. The van der Waals surface area contributed by atoms with Crippen LogP contribution in [0.3, 0.4) is 0 Å². The van der Waals surface area contributed by atoms with Crippen LogP contribution in [0.15, 0.2) is 48.7 Å². The van der Waals surface area contributed by atoms with Gasteiger partial charge in [0.15, 0.2) is 0 Å².